The maximum atomic E-state index is 12.7. The number of rotatable bonds is 4. The molecule has 0 bridgehead atoms. The van der Waals surface area contributed by atoms with Gasteiger partial charge in [-0.25, -0.2) is 0 Å². The molecule has 0 aliphatic heterocycles. The van der Waals surface area contributed by atoms with Crippen LogP contribution in [0, 0.1) is 10.1 Å². The van der Waals surface area contributed by atoms with Crippen LogP contribution in [-0.4, -0.2) is 35.9 Å². The van der Waals surface area contributed by atoms with E-state index in [2.05, 4.69) is 5.32 Å². The zero-order valence-corrected chi connectivity index (χ0v) is 12.5. The fraction of sp³-hybridized carbons (Fsp3) is 0.533. The average Bonchev–Trinajstić information content (AvgIpc) is 2.53. The minimum Gasteiger partial charge on any atom is -0.382 e. The molecule has 1 aliphatic carbocycles. The van der Waals surface area contributed by atoms with E-state index in [-0.39, 0.29) is 23.3 Å². The summed E-state index contributed by atoms with van der Waals surface area (Å²) >= 11 is 0. The lowest BCUT2D eigenvalue weighted by atomic mass is 9.94. The van der Waals surface area contributed by atoms with Crippen LogP contribution in [0.5, 0.6) is 0 Å². The lowest BCUT2D eigenvalue weighted by Gasteiger charge is -2.31. The van der Waals surface area contributed by atoms with Gasteiger partial charge in [0.25, 0.3) is 11.6 Å². The molecule has 0 aromatic heterocycles. The fourth-order valence-electron chi connectivity index (χ4n) is 2.96. The van der Waals surface area contributed by atoms with Crippen molar-refractivity contribution in [3.63, 3.8) is 0 Å². The van der Waals surface area contributed by atoms with Crippen molar-refractivity contribution in [3.05, 3.63) is 33.9 Å². The van der Waals surface area contributed by atoms with Gasteiger partial charge in [-0.05, 0) is 18.9 Å². The highest BCUT2D eigenvalue weighted by Crippen LogP contribution is 2.30. The Bertz CT molecular complexity index is 539. The van der Waals surface area contributed by atoms with Crippen LogP contribution in [0.25, 0.3) is 0 Å². The molecule has 1 aliphatic rings. The molecule has 21 heavy (non-hydrogen) atoms. The smallest absolute Gasteiger partial charge is 0.293 e. The third kappa shape index (κ3) is 3.15. The van der Waals surface area contributed by atoms with E-state index >= 15 is 0 Å². The van der Waals surface area contributed by atoms with Crippen molar-refractivity contribution in [2.24, 2.45) is 0 Å². The predicted molar refractivity (Wildman–Crippen MR) is 81.6 cm³/mol. The zero-order chi connectivity index (χ0) is 15.4. The van der Waals surface area contributed by atoms with Crippen LogP contribution in [0.1, 0.15) is 42.5 Å². The van der Waals surface area contributed by atoms with Gasteiger partial charge in [-0.1, -0.05) is 25.3 Å². The van der Waals surface area contributed by atoms with Crippen LogP contribution in [0.3, 0.4) is 0 Å². The molecule has 1 N–H and O–H groups in total. The first-order chi connectivity index (χ1) is 10.1. The summed E-state index contributed by atoms with van der Waals surface area (Å²) < 4.78 is 0. The van der Waals surface area contributed by atoms with Crippen molar-refractivity contribution in [2.75, 3.05) is 19.4 Å². The van der Waals surface area contributed by atoms with Crippen molar-refractivity contribution in [3.8, 4) is 0 Å². The van der Waals surface area contributed by atoms with Gasteiger partial charge in [0, 0.05) is 26.2 Å². The summed E-state index contributed by atoms with van der Waals surface area (Å²) in [6.45, 7) is 0. The molecule has 6 heteroatoms. The van der Waals surface area contributed by atoms with Crippen LogP contribution in [0.2, 0.25) is 0 Å². The van der Waals surface area contributed by atoms with Crippen molar-refractivity contribution in [1.29, 1.82) is 0 Å². The average molecular weight is 291 g/mol. The first kappa shape index (κ1) is 15.3. The number of nitrogens with zero attached hydrogens (tertiary/aromatic N) is 2. The summed E-state index contributed by atoms with van der Waals surface area (Å²) in [4.78, 5) is 25.0. The van der Waals surface area contributed by atoms with E-state index < -0.39 is 4.92 Å². The number of nitro groups is 1. The van der Waals surface area contributed by atoms with Crippen molar-refractivity contribution < 1.29 is 9.72 Å². The highest BCUT2D eigenvalue weighted by molar-refractivity contribution is 6.01. The molecule has 0 radical (unpaired) electrons. The van der Waals surface area contributed by atoms with Crippen LogP contribution < -0.4 is 5.32 Å². The number of carbonyl (C=O) groups excluding carboxylic acids is 1. The van der Waals surface area contributed by atoms with E-state index in [0.717, 1.165) is 25.7 Å². The molecule has 1 saturated carbocycles. The molecule has 0 unspecified atom stereocenters. The molecule has 0 saturated heterocycles. The highest BCUT2D eigenvalue weighted by Gasteiger charge is 2.27. The Hall–Kier alpha value is -2.11. The molecule has 1 aromatic rings. The number of para-hydroxylation sites is 1. The Morgan fingerprint density at radius 1 is 1.33 bits per heavy atom. The maximum Gasteiger partial charge on any atom is 0.293 e. The van der Waals surface area contributed by atoms with Crippen LogP contribution >= 0.6 is 0 Å². The van der Waals surface area contributed by atoms with E-state index in [4.69, 9.17) is 0 Å². The number of nitro benzene ring substituents is 1. The second-order valence-corrected chi connectivity index (χ2v) is 5.41. The lowest BCUT2D eigenvalue weighted by Crippen LogP contribution is -2.38. The molecule has 0 heterocycles. The molecule has 1 aromatic carbocycles. The molecule has 2 rings (SSSR count). The monoisotopic (exact) mass is 291 g/mol. The predicted octanol–water partition coefficient (Wildman–Crippen LogP) is 3.04. The van der Waals surface area contributed by atoms with E-state index in [1.165, 1.54) is 12.5 Å². The largest absolute Gasteiger partial charge is 0.382 e. The number of carbonyl (C=O) groups is 1. The quantitative estimate of drug-likeness (QED) is 0.683. The Morgan fingerprint density at radius 2 is 2.00 bits per heavy atom. The summed E-state index contributed by atoms with van der Waals surface area (Å²) in [5.74, 6) is -0.157. The molecular formula is C15H21N3O3. The van der Waals surface area contributed by atoms with Gasteiger partial charge >= 0.3 is 0 Å². The molecule has 6 nitrogen and oxygen atoms in total. The molecule has 114 valence electrons. The van der Waals surface area contributed by atoms with Gasteiger partial charge in [-0.2, -0.15) is 0 Å². The van der Waals surface area contributed by atoms with Gasteiger partial charge < -0.3 is 10.2 Å². The van der Waals surface area contributed by atoms with Gasteiger partial charge in [0.15, 0.2) is 0 Å². The third-order valence-corrected chi connectivity index (χ3v) is 4.16. The lowest BCUT2D eigenvalue weighted by molar-refractivity contribution is -0.384. The highest BCUT2D eigenvalue weighted by atomic mass is 16.6. The van der Waals surface area contributed by atoms with Gasteiger partial charge in [0.05, 0.1) is 10.5 Å². The van der Waals surface area contributed by atoms with E-state index in [0.29, 0.717) is 5.56 Å². The van der Waals surface area contributed by atoms with Gasteiger partial charge in [0.1, 0.15) is 5.69 Å². The molecule has 1 amide bonds. The van der Waals surface area contributed by atoms with Gasteiger partial charge in [0.2, 0.25) is 0 Å². The number of hydrogen-bond acceptors (Lipinski definition) is 4. The van der Waals surface area contributed by atoms with Crippen molar-refractivity contribution in [1.82, 2.24) is 4.90 Å². The number of nitrogens with one attached hydrogen (secondary N) is 1. The maximum absolute atomic E-state index is 12.7. The second kappa shape index (κ2) is 6.56. The second-order valence-electron chi connectivity index (χ2n) is 5.41. The Morgan fingerprint density at radius 3 is 2.57 bits per heavy atom. The third-order valence-electron chi connectivity index (χ3n) is 4.16. The van der Waals surface area contributed by atoms with Crippen molar-refractivity contribution in [2.45, 2.75) is 38.1 Å². The Labute approximate surface area is 124 Å². The standard InChI is InChI=1S/C15H21N3O3/c1-16-14-12(9-6-10-13(14)18(20)21)15(19)17(2)11-7-4-3-5-8-11/h6,9-11,16H,3-5,7-8H2,1-2H3. The first-order valence-corrected chi connectivity index (χ1v) is 7.28. The first-order valence-electron chi connectivity index (χ1n) is 7.28. The van der Waals surface area contributed by atoms with E-state index in [9.17, 15) is 14.9 Å². The minimum atomic E-state index is -0.469. The van der Waals surface area contributed by atoms with Gasteiger partial charge in [-0.15, -0.1) is 0 Å². The summed E-state index contributed by atoms with van der Waals surface area (Å²) in [5.41, 5.74) is 0.579. The molecule has 0 spiro atoms. The summed E-state index contributed by atoms with van der Waals surface area (Å²) in [5, 5.41) is 13.9. The topological polar surface area (TPSA) is 75.5 Å². The van der Waals surface area contributed by atoms with Crippen molar-refractivity contribution >= 4 is 17.3 Å². The number of amides is 1. The van der Waals surface area contributed by atoms with Crippen LogP contribution in [0.15, 0.2) is 18.2 Å². The molecule has 1 fully saturated rings. The van der Waals surface area contributed by atoms with Crippen LogP contribution in [0.4, 0.5) is 11.4 Å². The Kier molecular flexibility index (Phi) is 4.77. The number of anilines is 1. The normalized spacial score (nSPS) is 15.5. The zero-order valence-electron chi connectivity index (χ0n) is 12.5. The van der Waals surface area contributed by atoms with E-state index in [1.54, 1.807) is 31.1 Å². The van der Waals surface area contributed by atoms with Crippen LogP contribution in [-0.2, 0) is 0 Å². The van der Waals surface area contributed by atoms with E-state index in [1.807, 2.05) is 0 Å². The molecular weight excluding hydrogens is 270 g/mol. The summed E-state index contributed by atoms with van der Waals surface area (Å²) in [7, 11) is 3.39. The summed E-state index contributed by atoms with van der Waals surface area (Å²) in [6.07, 6.45) is 5.50. The SMILES string of the molecule is CNc1c(C(=O)N(C)C2CCCCC2)cccc1[N+](=O)[O-]. The number of benzene rings is 1. The van der Waals surface area contributed by atoms with Gasteiger partial charge in [-0.3, -0.25) is 14.9 Å². The number of hydrogen-bond donors (Lipinski definition) is 1. The molecule has 0 atom stereocenters. The summed E-state index contributed by atoms with van der Waals surface area (Å²) in [6, 6.07) is 4.83. The fourth-order valence-corrected chi connectivity index (χ4v) is 2.96. The Balaban J connectivity index is 2.29. The minimum absolute atomic E-state index is 0.0691.